The molecule has 6 nitrogen and oxygen atoms in total. The van der Waals surface area contributed by atoms with Crippen LogP contribution < -0.4 is 9.47 Å². The summed E-state index contributed by atoms with van der Waals surface area (Å²) in [6.45, 7) is 4.03. The summed E-state index contributed by atoms with van der Waals surface area (Å²) in [4.78, 5) is 22.0. The third-order valence-electron chi connectivity index (χ3n) is 5.84. The number of oxazole rings is 1. The molecule has 0 radical (unpaired) electrons. The molecule has 5 rings (SSSR count). The molecule has 0 atom stereocenters. The van der Waals surface area contributed by atoms with Gasteiger partial charge in [-0.15, -0.1) is 0 Å². The van der Waals surface area contributed by atoms with Crippen LogP contribution in [0.25, 0.3) is 22.6 Å². The minimum absolute atomic E-state index is 0.341. The Hall–Kier alpha value is -3.98. The number of methoxy groups -OCH3 is 1. The number of nitrogens with zero attached hydrogens (tertiary/aromatic N) is 2. The second-order valence-corrected chi connectivity index (χ2v) is 9.69. The van der Waals surface area contributed by atoms with Crippen molar-refractivity contribution in [3.8, 4) is 23.0 Å². The first-order chi connectivity index (χ1) is 17.9. The highest BCUT2D eigenvalue weighted by atomic mass is 127. The van der Waals surface area contributed by atoms with E-state index >= 15 is 0 Å². The van der Waals surface area contributed by atoms with Crippen LogP contribution in [0.1, 0.15) is 27.0 Å². The van der Waals surface area contributed by atoms with Gasteiger partial charge in [0.2, 0.25) is 5.89 Å². The zero-order chi connectivity index (χ0) is 25.9. The molecule has 0 unspecified atom stereocenters. The summed E-state index contributed by atoms with van der Waals surface area (Å²) >= 11 is 2.11. The molecule has 0 spiro atoms. The summed E-state index contributed by atoms with van der Waals surface area (Å²) in [5, 5.41) is 0. The number of esters is 1. The summed E-state index contributed by atoms with van der Waals surface area (Å²) in [5.74, 6) is 0.897. The molecule has 1 aromatic heterocycles. The van der Waals surface area contributed by atoms with E-state index in [0.29, 0.717) is 23.0 Å². The topological polar surface area (TPSA) is 73.9 Å². The van der Waals surface area contributed by atoms with E-state index in [0.717, 1.165) is 42.6 Å². The van der Waals surface area contributed by atoms with Crippen molar-refractivity contribution in [2.75, 3.05) is 7.11 Å². The molecule has 0 fully saturated rings. The van der Waals surface area contributed by atoms with E-state index in [9.17, 15) is 4.79 Å². The van der Waals surface area contributed by atoms with E-state index in [2.05, 4.69) is 27.6 Å². The molecule has 7 heteroatoms. The molecule has 1 heterocycles. The summed E-state index contributed by atoms with van der Waals surface area (Å²) < 4.78 is 17.9. The van der Waals surface area contributed by atoms with Crippen LogP contribution in [-0.4, -0.2) is 24.3 Å². The first kappa shape index (κ1) is 24.7. The lowest BCUT2D eigenvalue weighted by Crippen LogP contribution is -2.11. The Bertz CT molecular complexity index is 1660. The lowest BCUT2D eigenvalue weighted by Gasteiger charge is -2.10. The van der Waals surface area contributed by atoms with Gasteiger partial charge >= 0.3 is 5.97 Å². The van der Waals surface area contributed by atoms with E-state index in [4.69, 9.17) is 18.9 Å². The molecule has 4 aromatic carbocycles. The molecule has 184 valence electrons. The fourth-order valence-electron chi connectivity index (χ4n) is 3.82. The van der Waals surface area contributed by atoms with Crippen LogP contribution in [0.4, 0.5) is 5.69 Å². The van der Waals surface area contributed by atoms with E-state index in [1.807, 2.05) is 68.4 Å². The van der Waals surface area contributed by atoms with Crippen molar-refractivity contribution in [2.45, 2.75) is 13.8 Å². The molecule has 0 amide bonds. The predicted molar refractivity (Wildman–Crippen MR) is 153 cm³/mol. The number of halogens is 1. The minimum Gasteiger partial charge on any atom is -0.493 e. The number of aryl methyl sites for hydroxylation is 2. The van der Waals surface area contributed by atoms with Gasteiger partial charge in [0.25, 0.3) is 0 Å². The summed E-state index contributed by atoms with van der Waals surface area (Å²) in [6, 6.07) is 24.5. The highest BCUT2D eigenvalue weighted by Crippen LogP contribution is 2.31. The molecule has 0 aliphatic heterocycles. The van der Waals surface area contributed by atoms with Gasteiger partial charge in [-0.3, -0.25) is 4.99 Å². The van der Waals surface area contributed by atoms with Crippen molar-refractivity contribution < 1.29 is 18.7 Å². The maximum atomic E-state index is 12.6. The number of carbonyl (C=O) groups excluding carboxylic acids is 1. The summed E-state index contributed by atoms with van der Waals surface area (Å²) in [6.07, 6.45) is 1.75. The smallest absolute Gasteiger partial charge is 0.344 e. The maximum Gasteiger partial charge on any atom is 0.344 e. The number of aromatic nitrogens is 1. The number of hydrogen-bond donors (Lipinski definition) is 0. The Morgan fingerprint density at radius 2 is 1.81 bits per heavy atom. The first-order valence-corrected chi connectivity index (χ1v) is 12.7. The number of ether oxygens (including phenoxy) is 2. The van der Waals surface area contributed by atoms with Crippen molar-refractivity contribution in [1.29, 1.82) is 0 Å². The number of carbonyl (C=O) groups is 1. The van der Waals surface area contributed by atoms with Gasteiger partial charge in [-0.2, -0.15) is 0 Å². The normalized spacial score (nSPS) is 11.2. The lowest BCUT2D eigenvalue weighted by atomic mass is 10.1. The van der Waals surface area contributed by atoms with Gasteiger partial charge in [0.15, 0.2) is 17.1 Å². The van der Waals surface area contributed by atoms with Crippen LogP contribution in [0.15, 0.2) is 88.3 Å². The van der Waals surface area contributed by atoms with Gasteiger partial charge in [-0.1, -0.05) is 24.3 Å². The van der Waals surface area contributed by atoms with Gasteiger partial charge in [0, 0.05) is 15.3 Å². The van der Waals surface area contributed by atoms with Gasteiger partial charge < -0.3 is 13.9 Å². The molecule has 0 saturated carbocycles. The first-order valence-electron chi connectivity index (χ1n) is 11.6. The highest BCUT2D eigenvalue weighted by Gasteiger charge is 2.15. The molecule has 0 aliphatic rings. The number of aliphatic imine (C=N–C) groups is 1. The largest absolute Gasteiger partial charge is 0.493 e. The quantitative estimate of drug-likeness (QED) is 0.0863. The van der Waals surface area contributed by atoms with Crippen molar-refractivity contribution in [1.82, 2.24) is 4.98 Å². The molecule has 5 aromatic rings. The van der Waals surface area contributed by atoms with E-state index in [-0.39, 0.29) is 0 Å². The third kappa shape index (κ3) is 5.41. The molecule has 0 N–H and O–H groups in total. The SMILES string of the molecule is COc1cc(C=Nc2cc(-c3nc4cc(C)ccc4o3)ccc2C)ccc1OC(=O)c1ccccc1I. The standard InChI is InChI=1S/C30H23IN2O4/c1-18-8-12-26-25(14-18)33-29(36-26)21-11-9-19(2)24(16-21)32-17-20-10-13-27(28(15-20)35-3)37-30(34)22-6-4-5-7-23(22)31/h4-17H,1-3H3. The van der Waals surface area contributed by atoms with Gasteiger partial charge in [-0.05, 0) is 108 Å². The van der Waals surface area contributed by atoms with Crippen LogP contribution in [0.2, 0.25) is 0 Å². The van der Waals surface area contributed by atoms with Crippen LogP contribution in [0.5, 0.6) is 11.5 Å². The minimum atomic E-state index is -0.438. The molecule has 37 heavy (non-hydrogen) atoms. The third-order valence-corrected chi connectivity index (χ3v) is 6.78. The number of fused-ring (bicyclic) bond motifs is 1. The average Bonchev–Trinajstić information content (AvgIpc) is 3.32. The maximum absolute atomic E-state index is 12.6. The second-order valence-electron chi connectivity index (χ2n) is 8.53. The Morgan fingerprint density at radius 1 is 0.973 bits per heavy atom. The highest BCUT2D eigenvalue weighted by molar-refractivity contribution is 14.1. The molecule has 0 saturated heterocycles. The molecule has 0 bridgehead atoms. The van der Waals surface area contributed by atoms with E-state index in [1.54, 1.807) is 30.5 Å². The Morgan fingerprint density at radius 3 is 2.62 bits per heavy atom. The van der Waals surface area contributed by atoms with Crippen molar-refractivity contribution in [3.63, 3.8) is 0 Å². The monoisotopic (exact) mass is 602 g/mol. The molecular formula is C30H23IN2O4. The zero-order valence-electron chi connectivity index (χ0n) is 20.5. The van der Waals surface area contributed by atoms with Crippen molar-refractivity contribution in [3.05, 3.63) is 105 Å². The van der Waals surface area contributed by atoms with Crippen LogP contribution in [0.3, 0.4) is 0 Å². The summed E-state index contributed by atoms with van der Waals surface area (Å²) in [5.41, 5.74) is 6.67. The Labute approximate surface area is 228 Å². The number of benzene rings is 4. The Kier molecular flexibility index (Phi) is 7.05. The van der Waals surface area contributed by atoms with Crippen LogP contribution in [-0.2, 0) is 0 Å². The second kappa shape index (κ2) is 10.6. The van der Waals surface area contributed by atoms with Crippen molar-refractivity contribution >= 4 is 51.6 Å². The fourth-order valence-corrected chi connectivity index (χ4v) is 4.42. The van der Waals surface area contributed by atoms with Crippen LogP contribution in [0, 0.1) is 17.4 Å². The van der Waals surface area contributed by atoms with Gasteiger partial charge in [0.05, 0.1) is 18.4 Å². The summed E-state index contributed by atoms with van der Waals surface area (Å²) in [7, 11) is 1.54. The average molecular weight is 602 g/mol. The van der Waals surface area contributed by atoms with Crippen molar-refractivity contribution in [2.24, 2.45) is 4.99 Å². The fraction of sp³-hybridized carbons (Fsp3) is 0.100. The molecule has 0 aliphatic carbocycles. The predicted octanol–water partition coefficient (Wildman–Crippen LogP) is 7.69. The van der Waals surface area contributed by atoms with Crippen LogP contribution >= 0.6 is 22.6 Å². The zero-order valence-corrected chi connectivity index (χ0v) is 22.6. The molecular weight excluding hydrogens is 579 g/mol. The van der Waals surface area contributed by atoms with E-state index in [1.165, 1.54) is 7.11 Å². The number of rotatable bonds is 6. The lowest BCUT2D eigenvalue weighted by molar-refractivity contribution is 0.0728. The van der Waals surface area contributed by atoms with E-state index < -0.39 is 5.97 Å². The Balaban J connectivity index is 1.38. The van der Waals surface area contributed by atoms with Gasteiger partial charge in [0.1, 0.15) is 5.52 Å². The number of hydrogen-bond acceptors (Lipinski definition) is 6. The van der Waals surface area contributed by atoms with Gasteiger partial charge in [-0.25, -0.2) is 9.78 Å².